The molecule has 2 aliphatic heterocycles. The molecule has 2 aromatic rings. The third kappa shape index (κ3) is 4.77. The number of nitrogens with zero attached hydrogens (tertiary/aromatic N) is 3. The van der Waals surface area contributed by atoms with Crippen LogP contribution in [0.4, 0.5) is 11.6 Å². The topological polar surface area (TPSA) is 45.7 Å². The van der Waals surface area contributed by atoms with Crippen LogP contribution < -0.4 is 14.5 Å². The molecule has 0 N–H and O–H groups in total. The molecule has 0 aliphatic carbocycles. The standard InChI is InChI=1S/C25H33N3O2/c1-18(16-20(3)29)21-9-11-22(12-10-21)30-23-13-15-27(17-23)24-7-4-8-25(26-24)28-14-5-6-19(28)2/h4,7-12,18-19,23H,5-6,13-17H2,1-3H3/t18-,19?,23-/m1/s1. The van der Waals surface area contributed by atoms with Crippen LogP contribution in [0.5, 0.6) is 5.75 Å². The van der Waals surface area contributed by atoms with E-state index in [1.54, 1.807) is 6.92 Å². The van der Waals surface area contributed by atoms with E-state index in [4.69, 9.17) is 9.72 Å². The summed E-state index contributed by atoms with van der Waals surface area (Å²) in [7, 11) is 0. The Bertz CT molecular complexity index is 867. The first-order chi connectivity index (χ1) is 14.5. The Morgan fingerprint density at radius 2 is 1.90 bits per heavy atom. The van der Waals surface area contributed by atoms with Crippen molar-refractivity contribution in [3.8, 4) is 5.75 Å². The van der Waals surface area contributed by atoms with Gasteiger partial charge < -0.3 is 19.3 Å². The van der Waals surface area contributed by atoms with Crippen molar-refractivity contribution in [1.29, 1.82) is 0 Å². The summed E-state index contributed by atoms with van der Waals surface area (Å²) in [6, 6.07) is 15.2. The van der Waals surface area contributed by atoms with Crippen LogP contribution in [0.15, 0.2) is 42.5 Å². The molecule has 5 nitrogen and oxygen atoms in total. The molecular formula is C25H33N3O2. The highest BCUT2D eigenvalue weighted by Crippen LogP contribution is 2.28. The van der Waals surface area contributed by atoms with Crippen LogP contribution in [0, 0.1) is 0 Å². The zero-order valence-corrected chi connectivity index (χ0v) is 18.4. The van der Waals surface area contributed by atoms with Gasteiger partial charge in [0, 0.05) is 32.0 Å². The predicted octanol–water partition coefficient (Wildman–Crippen LogP) is 4.81. The average molecular weight is 408 g/mol. The van der Waals surface area contributed by atoms with Crippen LogP contribution in [0.25, 0.3) is 0 Å². The van der Waals surface area contributed by atoms with Crippen molar-refractivity contribution in [3.63, 3.8) is 0 Å². The van der Waals surface area contributed by atoms with E-state index in [1.165, 1.54) is 18.4 Å². The lowest BCUT2D eigenvalue weighted by Gasteiger charge is -2.25. The second kappa shape index (κ2) is 9.07. The molecule has 0 radical (unpaired) electrons. The molecule has 1 unspecified atom stereocenters. The van der Waals surface area contributed by atoms with Gasteiger partial charge in [0.15, 0.2) is 0 Å². The monoisotopic (exact) mass is 407 g/mol. The zero-order chi connectivity index (χ0) is 21.1. The van der Waals surface area contributed by atoms with Gasteiger partial charge in [0.2, 0.25) is 0 Å². The number of hydrogen-bond donors (Lipinski definition) is 0. The maximum atomic E-state index is 11.3. The Kier molecular flexibility index (Phi) is 6.26. The molecule has 3 heterocycles. The molecule has 160 valence electrons. The summed E-state index contributed by atoms with van der Waals surface area (Å²) < 4.78 is 6.24. The molecule has 5 heteroatoms. The summed E-state index contributed by atoms with van der Waals surface area (Å²) in [4.78, 5) is 21.0. The van der Waals surface area contributed by atoms with Gasteiger partial charge >= 0.3 is 0 Å². The number of carbonyl (C=O) groups is 1. The number of aromatic nitrogens is 1. The normalized spacial score (nSPS) is 22.4. The number of benzene rings is 1. The van der Waals surface area contributed by atoms with E-state index in [0.717, 1.165) is 43.4 Å². The summed E-state index contributed by atoms with van der Waals surface area (Å²) in [5.41, 5.74) is 1.18. The minimum atomic E-state index is 0.168. The van der Waals surface area contributed by atoms with Crippen LogP contribution in [0.2, 0.25) is 0 Å². The predicted molar refractivity (Wildman–Crippen MR) is 122 cm³/mol. The van der Waals surface area contributed by atoms with E-state index < -0.39 is 0 Å². The quantitative estimate of drug-likeness (QED) is 0.659. The molecule has 0 spiro atoms. The lowest BCUT2D eigenvalue weighted by molar-refractivity contribution is -0.117. The van der Waals surface area contributed by atoms with Gasteiger partial charge in [-0.15, -0.1) is 0 Å². The lowest BCUT2D eigenvalue weighted by Crippen LogP contribution is -2.29. The van der Waals surface area contributed by atoms with Crippen molar-refractivity contribution < 1.29 is 9.53 Å². The molecule has 3 atom stereocenters. The van der Waals surface area contributed by atoms with Crippen molar-refractivity contribution >= 4 is 17.4 Å². The SMILES string of the molecule is CC(=O)C[C@@H](C)c1ccc(O[C@@H]2CCN(c3cccc(N4CCCC4C)n3)C2)cc1. The summed E-state index contributed by atoms with van der Waals surface area (Å²) in [5, 5.41) is 0. The van der Waals surface area contributed by atoms with Crippen LogP contribution in [0.1, 0.15) is 57.9 Å². The van der Waals surface area contributed by atoms with Gasteiger partial charge in [-0.2, -0.15) is 0 Å². The van der Waals surface area contributed by atoms with Crippen molar-refractivity contribution in [2.24, 2.45) is 0 Å². The number of Topliss-reactive ketones (excluding diaryl/α,β-unsaturated/α-hetero) is 1. The van der Waals surface area contributed by atoms with Gasteiger partial charge in [-0.3, -0.25) is 0 Å². The summed E-state index contributed by atoms with van der Waals surface area (Å²) >= 11 is 0. The molecule has 0 bridgehead atoms. The Morgan fingerprint density at radius 1 is 1.13 bits per heavy atom. The molecule has 0 saturated carbocycles. The highest BCUT2D eigenvalue weighted by Gasteiger charge is 2.27. The second-order valence-electron chi connectivity index (χ2n) is 8.89. The molecule has 2 saturated heterocycles. The number of rotatable bonds is 7. The van der Waals surface area contributed by atoms with E-state index in [9.17, 15) is 4.79 Å². The van der Waals surface area contributed by atoms with Crippen molar-refractivity contribution in [2.75, 3.05) is 29.4 Å². The van der Waals surface area contributed by atoms with Crippen LogP contribution >= 0.6 is 0 Å². The van der Waals surface area contributed by atoms with Crippen LogP contribution in [0.3, 0.4) is 0 Å². The van der Waals surface area contributed by atoms with Crippen molar-refractivity contribution in [3.05, 3.63) is 48.0 Å². The van der Waals surface area contributed by atoms with Crippen molar-refractivity contribution in [1.82, 2.24) is 4.98 Å². The minimum Gasteiger partial charge on any atom is -0.489 e. The number of ketones is 1. The van der Waals surface area contributed by atoms with Gasteiger partial charge in [-0.05, 0) is 62.4 Å². The number of pyridine rings is 1. The van der Waals surface area contributed by atoms with E-state index >= 15 is 0 Å². The Labute approximate surface area is 180 Å². The van der Waals surface area contributed by atoms with Crippen LogP contribution in [-0.2, 0) is 4.79 Å². The number of ether oxygens (including phenoxy) is 1. The second-order valence-corrected chi connectivity index (χ2v) is 8.89. The lowest BCUT2D eigenvalue weighted by atomic mass is 9.96. The summed E-state index contributed by atoms with van der Waals surface area (Å²) in [6.45, 7) is 8.95. The number of carbonyl (C=O) groups excluding carboxylic acids is 1. The smallest absolute Gasteiger partial charge is 0.131 e. The Hall–Kier alpha value is -2.56. The van der Waals surface area contributed by atoms with E-state index in [0.29, 0.717) is 12.5 Å². The minimum absolute atomic E-state index is 0.168. The maximum Gasteiger partial charge on any atom is 0.131 e. The van der Waals surface area contributed by atoms with Gasteiger partial charge in [0.25, 0.3) is 0 Å². The first kappa shape index (κ1) is 20.7. The zero-order valence-electron chi connectivity index (χ0n) is 18.4. The van der Waals surface area contributed by atoms with Gasteiger partial charge in [-0.1, -0.05) is 25.1 Å². The van der Waals surface area contributed by atoms with E-state index in [2.05, 4.69) is 54.0 Å². The third-order valence-corrected chi connectivity index (χ3v) is 6.38. The van der Waals surface area contributed by atoms with Gasteiger partial charge in [-0.25, -0.2) is 4.98 Å². The maximum absolute atomic E-state index is 11.3. The molecule has 2 aliphatic rings. The number of anilines is 2. The third-order valence-electron chi connectivity index (χ3n) is 6.38. The molecule has 30 heavy (non-hydrogen) atoms. The number of hydrogen-bond acceptors (Lipinski definition) is 5. The van der Waals surface area contributed by atoms with Gasteiger partial charge in [0.1, 0.15) is 29.3 Å². The fraction of sp³-hybridized carbons (Fsp3) is 0.520. The summed E-state index contributed by atoms with van der Waals surface area (Å²) in [6.07, 6.45) is 4.24. The summed E-state index contributed by atoms with van der Waals surface area (Å²) in [5.74, 6) is 3.51. The fourth-order valence-electron chi connectivity index (χ4n) is 4.67. The highest BCUT2D eigenvalue weighted by molar-refractivity contribution is 5.76. The fourth-order valence-corrected chi connectivity index (χ4v) is 4.67. The Balaban J connectivity index is 1.35. The average Bonchev–Trinajstić information content (AvgIpc) is 3.37. The Morgan fingerprint density at radius 3 is 2.60 bits per heavy atom. The molecule has 4 rings (SSSR count). The van der Waals surface area contributed by atoms with Gasteiger partial charge in [0.05, 0.1) is 6.54 Å². The molecular weight excluding hydrogens is 374 g/mol. The molecule has 0 amide bonds. The van der Waals surface area contributed by atoms with Crippen LogP contribution in [-0.4, -0.2) is 42.5 Å². The van der Waals surface area contributed by atoms with E-state index in [1.807, 2.05) is 12.1 Å². The highest BCUT2D eigenvalue weighted by atomic mass is 16.5. The molecule has 2 fully saturated rings. The first-order valence-corrected chi connectivity index (χ1v) is 11.2. The molecule has 1 aromatic heterocycles. The largest absolute Gasteiger partial charge is 0.489 e. The van der Waals surface area contributed by atoms with E-state index in [-0.39, 0.29) is 17.8 Å². The first-order valence-electron chi connectivity index (χ1n) is 11.2. The van der Waals surface area contributed by atoms with Crippen molar-refractivity contribution in [2.45, 2.75) is 64.5 Å². The molecule has 1 aromatic carbocycles.